The molecule has 0 unspecified atom stereocenters. The van der Waals surface area contributed by atoms with Crippen molar-refractivity contribution in [2.45, 2.75) is 26.7 Å². The second-order valence-corrected chi connectivity index (χ2v) is 5.91. The van der Waals surface area contributed by atoms with Crippen LogP contribution in [0.4, 0.5) is 0 Å². The van der Waals surface area contributed by atoms with E-state index in [4.69, 9.17) is 14.6 Å². The van der Waals surface area contributed by atoms with E-state index in [1.165, 1.54) is 12.1 Å². The van der Waals surface area contributed by atoms with Crippen LogP contribution in [0.1, 0.15) is 45.4 Å². The molecule has 144 valence electrons. The van der Waals surface area contributed by atoms with Gasteiger partial charge in [-0.3, -0.25) is 4.79 Å². The van der Waals surface area contributed by atoms with Crippen molar-refractivity contribution in [2.75, 3.05) is 20.3 Å². The number of ether oxygens (including phenoxy) is 2. The Bertz CT molecular complexity index is 820. The monoisotopic (exact) mass is 372 g/mol. The number of aromatic nitrogens is 1. The summed E-state index contributed by atoms with van der Waals surface area (Å²) in [5.41, 5.74) is 1.71. The van der Waals surface area contributed by atoms with Crippen molar-refractivity contribution >= 4 is 11.9 Å². The number of nitrogens with one attached hydrogen (secondary N) is 1. The van der Waals surface area contributed by atoms with Gasteiger partial charge < -0.3 is 19.9 Å². The van der Waals surface area contributed by atoms with Crippen LogP contribution in [0.25, 0.3) is 0 Å². The van der Waals surface area contributed by atoms with Crippen LogP contribution in [0.3, 0.4) is 0 Å². The topological polar surface area (TPSA) is 97.8 Å². The van der Waals surface area contributed by atoms with Gasteiger partial charge in [-0.15, -0.1) is 0 Å². The zero-order valence-electron chi connectivity index (χ0n) is 15.7. The van der Waals surface area contributed by atoms with Crippen LogP contribution >= 0.6 is 0 Å². The molecule has 0 spiro atoms. The molecule has 0 fully saturated rings. The van der Waals surface area contributed by atoms with Gasteiger partial charge in [-0.25, -0.2) is 9.78 Å². The minimum absolute atomic E-state index is 0.0937. The van der Waals surface area contributed by atoms with Gasteiger partial charge in [0.25, 0.3) is 5.91 Å². The minimum Gasteiger partial charge on any atom is -0.493 e. The van der Waals surface area contributed by atoms with Crippen molar-refractivity contribution in [3.63, 3.8) is 0 Å². The van der Waals surface area contributed by atoms with Crippen molar-refractivity contribution in [1.29, 1.82) is 0 Å². The second kappa shape index (κ2) is 9.56. The Kier molecular flexibility index (Phi) is 7.16. The molecule has 0 radical (unpaired) electrons. The van der Waals surface area contributed by atoms with Gasteiger partial charge in [0.15, 0.2) is 11.5 Å². The number of hydrogen-bond donors (Lipinski definition) is 2. The Morgan fingerprint density at radius 3 is 2.59 bits per heavy atom. The average Bonchev–Trinajstić information content (AvgIpc) is 2.65. The molecular weight excluding hydrogens is 348 g/mol. The lowest BCUT2D eigenvalue weighted by atomic mass is 10.1. The Labute approximate surface area is 158 Å². The van der Waals surface area contributed by atoms with E-state index in [1.807, 2.05) is 25.1 Å². The zero-order chi connectivity index (χ0) is 19.8. The molecule has 0 aliphatic rings. The summed E-state index contributed by atoms with van der Waals surface area (Å²) in [5.74, 6) is 0.0255. The summed E-state index contributed by atoms with van der Waals surface area (Å²) in [6, 6.07) is 8.60. The molecule has 1 aromatic carbocycles. The third-order valence-electron chi connectivity index (χ3n) is 4.00. The number of rotatable bonds is 9. The summed E-state index contributed by atoms with van der Waals surface area (Å²) in [4.78, 5) is 27.2. The molecule has 7 nitrogen and oxygen atoms in total. The van der Waals surface area contributed by atoms with Crippen LogP contribution in [-0.4, -0.2) is 42.2 Å². The van der Waals surface area contributed by atoms with E-state index in [2.05, 4.69) is 10.3 Å². The van der Waals surface area contributed by atoms with Crippen molar-refractivity contribution in [3.05, 3.63) is 52.8 Å². The molecule has 2 rings (SSSR count). The van der Waals surface area contributed by atoms with Gasteiger partial charge in [-0.05, 0) is 56.5 Å². The molecule has 0 saturated carbocycles. The smallest absolute Gasteiger partial charge is 0.337 e. The second-order valence-electron chi connectivity index (χ2n) is 5.91. The van der Waals surface area contributed by atoms with E-state index in [0.29, 0.717) is 30.3 Å². The molecule has 2 aromatic rings. The molecule has 0 saturated heterocycles. The summed E-state index contributed by atoms with van der Waals surface area (Å²) >= 11 is 0. The van der Waals surface area contributed by atoms with Gasteiger partial charge in [0.1, 0.15) is 5.69 Å². The van der Waals surface area contributed by atoms with E-state index in [1.54, 1.807) is 14.0 Å². The number of methoxy groups -OCH3 is 1. The number of aromatic carboxylic acids is 1. The largest absolute Gasteiger partial charge is 0.493 e. The number of aryl methyl sites for hydroxylation is 2. The maximum absolute atomic E-state index is 12.2. The molecule has 2 N–H and O–H groups in total. The molecule has 1 amide bonds. The summed E-state index contributed by atoms with van der Waals surface area (Å²) in [6.45, 7) is 4.53. The maximum Gasteiger partial charge on any atom is 0.337 e. The Balaban J connectivity index is 1.88. The molecule has 0 aliphatic carbocycles. The van der Waals surface area contributed by atoms with Crippen LogP contribution in [0.2, 0.25) is 0 Å². The van der Waals surface area contributed by atoms with Gasteiger partial charge in [-0.1, -0.05) is 6.07 Å². The van der Waals surface area contributed by atoms with E-state index >= 15 is 0 Å². The van der Waals surface area contributed by atoms with E-state index < -0.39 is 5.97 Å². The van der Waals surface area contributed by atoms with E-state index in [9.17, 15) is 9.59 Å². The predicted molar refractivity (Wildman–Crippen MR) is 101 cm³/mol. The van der Waals surface area contributed by atoms with Crippen molar-refractivity contribution in [3.8, 4) is 11.5 Å². The van der Waals surface area contributed by atoms with Gasteiger partial charge in [0.05, 0.1) is 25.0 Å². The lowest BCUT2D eigenvalue weighted by molar-refractivity contribution is 0.0694. The molecule has 27 heavy (non-hydrogen) atoms. The van der Waals surface area contributed by atoms with Crippen molar-refractivity contribution < 1.29 is 24.2 Å². The van der Waals surface area contributed by atoms with Crippen LogP contribution in [0.15, 0.2) is 30.3 Å². The zero-order valence-corrected chi connectivity index (χ0v) is 15.7. The number of nitrogens with zero attached hydrogens (tertiary/aromatic N) is 1. The number of carbonyl (C=O) groups excluding carboxylic acids is 1. The molecule has 0 aliphatic heterocycles. The normalized spacial score (nSPS) is 10.3. The fourth-order valence-corrected chi connectivity index (χ4v) is 2.64. The number of carboxylic acids is 1. The first kappa shape index (κ1) is 20.2. The lowest BCUT2D eigenvalue weighted by Gasteiger charge is -2.11. The maximum atomic E-state index is 12.2. The van der Waals surface area contributed by atoms with Gasteiger partial charge in [0.2, 0.25) is 0 Å². The first-order valence-corrected chi connectivity index (χ1v) is 8.75. The summed E-state index contributed by atoms with van der Waals surface area (Å²) in [5, 5.41) is 11.8. The number of benzene rings is 1. The standard InChI is InChI=1S/C20H24N2O5/c1-4-27-18-12-14(7-10-17(18)26-3)6-5-11-21-19(23)16-9-8-15(20(24)25)13(2)22-16/h7-10,12H,4-6,11H2,1-3H3,(H,21,23)(H,24,25). The minimum atomic E-state index is -1.06. The Hall–Kier alpha value is -3.09. The van der Waals surface area contributed by atoms with E-state index in [-0.39, 0.29) is 17.2 Å². The first-order valence-electron chi connectivity index (χ1n) is 8.75. The number of pyridine rings is 1. The molecule has 1 heterocycles. The van der Waals surface area contributed by atoms with Crippen molar-refractivity contribution in [2.24, 2.45) is 0 Å². The average molecular weight is 372 g/mol. The van der Waals surface area contributed by atoms with Crippen LogP contribution in [0, 0.1) is 6.92 Å². The summed E-state index contributed by atoms with van der Waals surface area (Å²) in [7, 11) is 1.60. The summed E-state index contributed by atoms with van der Waals surface area (Å²) < 4.78 is 10.8. The molecule has 0 atom stereocenters. The Morgan fingerprint density at radius 2 is 1.96 bits per heavy atom. The molecular formula is C20H24N2O5. The highest BCUT2D eigenvalue weighted by Gasteiger charge is 2.13. The Morgan fingerprint density at radius 1 is 1.19 bits per heavy atom. The molecule has 1 aromatic heterocycles. The number of amides is 1. The van der Waals surface area contributed by atoms with Gasteiger partial charge >= 0.3 is 5.97 Å². The van der Waals surface area contributed by atoms with Crippen LogP contribution in [-0.2, 0) is 6.42 Å². The molecule has 7 heteroatoms. The fraction of sp³-hybridized carbons (Fsp3) is 0.350. The van der Waals surface area contributed by atoms with Gasteiger partial charge in [0, 0.05) is 6.54 Å². The third kappa shape index (κ3) is 5.44. The number of hydrogen-bond acceptors (Lipinski definition) is 5. The highest BCUT2D eigenvalue weighted by Crippen LogP contribution is 2.28. The van der Waals surface area contributed by atoms with E-state index in [0.717, 1.165) is 18.4 Å². The highest BCUT2D eigenvalue weighted by molar-refractivity contribution is 5.94. The quantitative estimate of drug-likeness (QED) is 0.657. The number of carbonyl (C=O) groups is 2. The predicted octanol–water partition coefficient (Wildman–Crippen LogP) is 2.86. The summed E-state index contributed by atoms with van der Waals surface area (Å²) in [6.07, 6.45) is 1.52. The number of carboxylic acid groups (broad SMARTS) is 1. The highest BCUT2D eigenvalue weighted by atomic mass is 16.5. The first-order chi connectivity index (χ1) is 13.0. The fourth-order valence-electron chi connectivity index (χ4n) is 2.64. The molecule has 0 bridgehead atoms. The lowest BCUT2D eigenvalue weighted by Crippen LogP contribution is -2.26. The SMILES string of the molecule is CCOc1cc(CCCNC(=O)c2ccc(C(=O)O)c(C)n2)ccc1OC. The van der Waals surface area contributed by atoms with Crippen molar-refractivity contribution in [1.82, 2.24) is 10.3 Å². The third-order valence-corrected chi connectivity index (χ3v) is 4.00. The van der Waals surface area contributed by atoms with Crippen LogP contribution in [0.5, 0.6) is 11.5 Å². The van der Waals surface area contributed by atoms with Gasteiger partial charge in [-0.2, -0.15) is 0 Å². The van der Waals surface area contributed by atoms with Crippen LogP contribution < -0.4 is 14.8 Å².